The summed E-state index contributed by atoms with van der Waals surface area (Å²) in [5.74, 6) is -0.0214. The fourth-order valence-electron chi connectivity index (χ4n) is 2.56. The minimum absolute atomic E-state index is 0.256. The number of carbonyl (C=O) groups is 2. The van der Waals surface area contributed by atoms with Gasteiger partial charge < -0.3 is 15.4 Å². The summed E-state index contributed by atoms with van der Waals surface area (Å²) in [7, 11) is 0. The van der Waals surface area contributed by atoms with E-state index in [1.807, 2.05) is 30.3 Å². The van der Waals surface area contributed by atoms with Crippen LogP contribution in [0.1, 0.15) is 33.2 Å². The minimum atomic E-state index is -0.386. The first-order valence-corrected chi connectivity index (χ1v) is 8.98. The predicted octanol–water partition coefficient (Wildman–Crippen LogP) is 4.12. The van der Waals surface area contributed by atoms with Gasteiger partial charge >= 0.3 is 5.97 Å². The van der Waals surface area contributed by atoms with Crippen LogP contribution < -0.4 is 10.6 Å². The molecular weight excluding hydrogens is 354 g/mol. The number of anilines is 2. The Morgan fingerprint density at radius 2 is 1.71 bits per heavy atom. The van der Waals surface area contributed by atoms with Gasteiger partial charge in [-0.25, -0.2) is 9.78 Å². The fraction of sp³-hybridized carbons (Fsp3) is 0.136. The lowest BCUT2D eigenvalue weighted by atomic mass is 10.2. The molecule has 2 aromatic carbocycles. The summed E-state index contributed by atoms with van der Waals surface area (Å²) in [6.07, 6.45) is 1.59. The Kier molecular flexibility index (Phi) is 6.36. The molecule has 3 rings (SSSR count). The molecule has 0 radical (unpaired) electrons. The number of ether oxygens (including phenoxy) is 1. The average Bonchev–Trinajstić information content (AvgIpc) is 2.74. The molecule has 0 bridgehead atoms. The van der Waals surface area contributed by atoms with Crippen LogP contribution in [-0.2, 0) is 11.3 Å². The monoisotopic (exact) mass is 375 g/mol. The van der Waals surface area contributed by atoms with Gasteiger partial charge in [0.2, 0.25) is 0 Å². The summed E-state index contributed by atoms with van der Waals surface area (Å²) in [4.78, 5) is 28.4. The number of carbonyl (C=O) groups excluding carboxylic acids is 2. The van der Waals surface area contributed by atoms with Crippen molar-refractivity contribution < 1.29 is 14.3 Å². The smallest absolute Gasteiger partial charge is 0.338 e. The molecule has 0 aliphatic rings. The number of hydrogen-bond donors (Lipinski definition) is 2. The van der Waals surface area contributed by atoms with Crippen molar-refractivity contribution >= 4 is 23.4 Å². The highest BCUT2D eigenvalue weighted by molar-refractivity contribution is 6.04. The molecule has 3 aromatic rings. The molecule has 0 saturated heterocycles. The zero-order valence-electron chi connectivity index (χ0n) is 15.5. The summed E-state index contributed by atoms with van der Waals surface area (Å²) < 4.78 is 4.95. The van der Waals surface area contributed by atoms with Gasteiger partial charge in [0.15, 0.2) is 0 Å². The highest BCUT2D eigenvalue weighted by atomic mass is 16.5. The van der Waals surface area contributed by atoms with Crippen molar-refractivity contribution in [3.05, 3.63) is 89.6 Å². The van der Waals surface area contributed by atoms with Crippen molar-refractivity contribution in [1.29, 1.82) is 0 Å². The number of esters is 1. The van der Waals surface area contributed by atoms with E-state index in [1.54, 1.807) is 49.5 Å². The molecule has 1 amide bonds. The normalized spacial score (nSPS) is 10.2. The van der Waals surface area contributed by atoms with Crippen LogP contribution in [0.25, 0.3) is 0 Å². The van der Waals surface area contributed by atoms with E-state index in [9.17, 15) is 9.59 Å². The third kappa shape index (κ3) is 5.17. The first-order valence-electron chi connectivity index (χ1n) is 8.98. The van der Waals surface area contributed by atoms with Gasteiger partial charge in [-0.15, -0.1) is 0 Å². The lowest BCUT2D eigenvalue weighted by molar-refractivity contribution is 0.0526. The number of amides is 1. The number of nitrogens with zero attached hydrogens (tertiary/aromatic N) is 1. The molecule has 0 spiro atoms. The van der Waals surface area contributed by atoms with Gasteiger partial charge in [-0.05, 0) is 48.9 Å². The van der Waals surface area contributed by atoms with Crippen molar-refractivity contribution in [2.45, 2.75) is 13.5 Å². The molecule has 0 aliphatic heterocycles. The van der Waals surface area contributed by atoms with Crippen LogP contribution in [0.15, 0.2) is 72.9 Å². The van der Waals surface area contributed by atoms with E-state index >= 15 is 0 Å². The Balaban J connectivity index is 1.62. The molecule has 0 unspecified atom stereocenters. The van der Waals surface area contributed by atoms with Crippen LogP contribution in [0.5, 0.6) is 0 Å². The lowest BCUT2D eigenvalue weighted by Gasteiger charge is -2.09. The second-order valence-corrected chi connectivity index (χ2v) is 6.02. The zero-order chi connectivity index (χ0) is 19.8. The first kappa shape index (κ1) is 19.1. The van der Waals surface area contributed by atoms with E-state index in [0.717, 1.165) is 5.56 Å². The fourth-order valence-corrected chi connectivity index (χ4v) is 2.56. The summed E-state index contributed by atoms with van der Waals surface area (Å²) in [5.41, 5.74) is 2.64. The topological polar surface area (TPSA) is 80.3 Å². The number of rotatable bonds is 7. The first-order chi connectivity index (χ1) is 13.7. The molecule has 1 heterocycles. The molecule has 142 valence electrons. The maximum absolute atomic E-state index is 12.5. The van der Waals surface area contributed by atoms with Gasteiger partial charge in [-0.2, -0.15) is 0 Å². The molecule has 0 fully saturated rings. The molecule has 0 aliphatic carbocycles. The van der Waals surface area contributed by atoms with Gasteiger partial charge in [0.05, 0.1) is 12.2 Å². The quantitative estimate of drug-likeness (QED) is 0.607. The Bertz CT molecular complexity index is 941. The van der Waals surface area contributed by atoms with E-state index in [-0.39, 0.29) is 11.9 Å². The molecule has 0 saturated carbocycles. The Morgan fingerprint density at radius 1 is 0.964 bits per heavy atom. The van der Waals surface area contributed by atoms with Crippen LogP contribution in [-0.4, -0.2) is 23.5 Å². The second kappa shape index (κ2) is 9.32. The summed E-state index contributed by atoms with van der Waals surface area (Å²) in [5, 5.41) is 6.02. The van der Waals surface area contributed by atoms with Crippen LogP contribution in [0.4, 0.5) is 11.5 Å². The largest absolute Gasteiger partial charge is 0.462 e. The zero-order valence-corrected chi connectivity index (χ0v) is 15.5. The number of pyridine rings is 1. The number of aromatic nitrogens is 1. The Hall–Kier alpha value is -3.67. The van der Waals surface area contributed by atoms with E-state index in [0.29, 0.717) is 35.8 Å². The van der Waals surface area contributed by atoms with Crippen molar-refractivity contribution in [2.75, 3.05) is 17.2 Å². The standard InChI is InChI=1S/C22H21N3O3/c1-2-28-22(27)17-8-10-19(11-9-17)25-21(26)18-12-13-23-20(14-18)24-15-16-6-4-3-5-7-16/h3-14H,2,15H2,1H3,(H,23,24)(H,25,26). The summed E-state index contributed by atoms with van der Waals surface area (Å²) in [6.45, 7) is 2.69. The van der Waals surface area contributed by atoms with Gasteiger partial charge in [-0.1, -0.05) is 30.3 Å². The van der Waals surface area contributed by atoms with Crippen molar-refractivity contribution in [2.24, 2.45) is 0 Å². The SMILES string of the molecule is CCOC(=O)c1ccc(NC(=O)c2ccnc(NCc3ccccc3)c2)cc1. The molecule has 28 heavy (non-hydrogen) atoms. The summed E-state index contributed by atoms with van der Waals surface area (Å²) >= 11 is 0. The Morgan fingerprint density at radius 3 is 2.43 bits per heavy atom. The van der Waals surface area contributed by atoms with Crippen LogP contribution >= 0.6 is 0 Å². The van der Waals surface area contributed by atoms with E-state index in [4.69, 9.17) is 4.74 Å². The maximum Gasteiger partial charge on any atom is 0.338 e. The van der Waals surface area contributed by atoms with Crippen molar-refractivity contribution in [1.82, 2.24) is 4.98 Å². The second-order valence-electron chi connectivity index (χ2n) is 6.02. The molecular formula is C22H21N3O3. The third-order valence-corrected chi connectivity index (χ3v) is 3.99. The number of hydrogen-bond acceptors (Lipinski definition) is 5. The van der Waals surface area contributed by atoms with E-state index in [1.165, 1.54) is 0 Å². The summed E-state index contributed by atoms with van der Waals surface area (Å²) in [6, 6.07) is 19.9. The molecule has 1 aromatic heterocycles. The van der Waals surface area contributed by atoms with Crippen LogP contribution in [0.2, 0.25) is 0 Å². The van der Waals surface area contributed by atoms with Crippen molar-refractivity contribution in [3.8, 4) is 0 Å². The maximum atomic E-state index is 12.5. The molecule has 6 heteroatoms. The van der Waals surface area contributed by atoms with Gasteiger partial charge in [-0.3, -0.25) is 4.79 Å². The molecule has 2 N–H and O–H groups in total. The van der Waals surface area contributed by atoms with E-state index < -0.39 is 0 Å². The van der Waals surface area contributed by atoms with Gasteiger partial charge in [0.25, 0.3) is 5.91 Å². The lowest BCUT2D eigenvalue weighted by Crippen LogP contribution is -2.13. The Labute approximate surface area is 163 Å². The predicted molar refractivity (Wildman–Crippen MR) is 108 cm³/mol. The average molecular weight is 375 g/mol. The van der Waals surface area contributed by atoms with Crippen LogP contribution in [0.3, 0.4) is 0 Å². The molecule has 6 nitrogen and oxygen atoms in total. The molecule has 0 atom stereocenters. The van der Waals surface area contributed by atoms with Crippen molar-refractivity contribution in [3.63, 3.8) is 0 Å². The minimum Gasteiger partial charge on any atom is -0.462 e. The third-order valence-electron chi connectivity index (χ3n) is 3.99. The van der Waals surface area contributed by atoms with Gasteiger partial charge in [0, 0.05) is 24.0 Å². The highest BCUT2D eigenvalue weighted by Crippen LogP contribution is 2.14. The van der Waals surface area contributed by atoms with E-state index in [2.05, 4.69) is 15.6 Å². The van der Waals surface area contributed by atoms with Gasteiger partial charge in [0.1, 0.15) is 5.82 Å². The highest BCUT2D eigenvalue weighted by Gasteiger charge is 2.09. The van der Waals surface area contributed by atoms with Crippen LogP contribution in [0, 0.1) is 0 Å². The number of benzene rings is 2. The number of nitrogens with one attached hydrogen (secondary N) is 2.